The molecule has 0 aliphatic heterocycles. The van der Waals surface area contributed by atoms with Crippen molar-refractivity contribution in [3.8, 4) is 0 Å². The molecule has 18 heavy (non-hydrogen) atoms. The van der Waals surface area contributed by atoms with Crippen LogP contribution in [0.1, 0.15) is 38.5 Å². The van der Waals surface area contributed by atoms with Crippen LogP contribution < -0.4 is 5.73 Å². The molecule has 1 unspecified atom stereocenters. The zero-order chi connectivity index (χ0) is 13.6. The van der Waals surface area contributed by atoms with Crippen LogP contribution in [0.5, 0.6) is 0 Å². The summed E-state index contributed by atoms with van der Waals surface area (Å²) in [6.07, 6.45) is 2.77. The first-order valence-electron chi connectivity index (χ1n) is 6.43. The first kappa shape index (κ1) is 15.7. The molecule has 0 bridgehead atoms. The molecule has 1 aliphatic rings. The Morgan fingerprint density at radius 2 is 1.67 bits per heavy atom. The van der Waals surface area contributed by atoms with Crippen LogP contribution in [-0.2, 0) is 4.74 Å². The normalized spacial score (nSPS) is 21.0. The van der Waals surface area contributed by atoms with Gasteiger partial charge in [0.2, 0.25) is 0 Å². The fraction of sp³-hybridized carbons (Fsp3) is 1.00. The lowest BCUT2D eigenvalue weighted by molar-refractivity contribution is -0.167. The van der Waals surface area contributed by atoms with Crippen molar-refractivity contribution >= 4 is 0 Å². The van der Waals surface area contributed by atoms with Gasteiger partial charge in [-0.05, 0) is 18.8 Å². The summed E-state index contributed by atoms with van der Waals surface area (Å²) in [6, 6.07) is -0.337. The molecule has 0 aromatic carbocycles. The maximum Gasteiger partial charge on any atom is 0.330 e. The number of nitrogens with two attached hydrogens (primary N) is 1. The van der Waals surface area contributed by atoms with E-state index in [4.69, 9.17) is 5.73 Å². The predicted molar refractivity (Wildman–Crippen MR) is 60.9 cm³/mol. The Morgan fingerprint density at radius 1 is 1.11 bits per heavy atom. The van der Waals surface area contributed by atoms with E-state index >= 15 is 0 Å². The van der Waals surface area contributed by atoms with Crippen LogP contribution in [-0.4, -0.2) is 31.6 Å². The number of hydrogen-bond donors (Lipinski definition) is 1. The van der Waals surface area contributed by atoms with E-state index in [1.165, 1.54) is 12.8 Å². The van der Waals surface area contributed by atoms with Gasteiger partial charge >= 0.3 is 12.3 Å². The summed E-state index contributed by atoms with van der Waals surface area (Å²) in [6.45, 7) is -1.34. The Balaban J connectivity index is 2.25. The van der Waals surface area contributed by atoms with Crippen molar-refractivity contribution in [3.63, 3.8) is 0 Å². The van der Waals surface area contributed by atoms with E-state index in [1.54, 1.807) is 0 Å². The van der Waals surface area contributed by atoms with Gasteiger partial charge in [-0.3, -0.25) is 0 Å². The fourth-order valence-electron chi connectivity index (χ4n) is 2.27. The number of halogens is 4. The first-order chi connectivity index (χ1) is 8.43. The lowest BCUT2D eigenvalue weighted by Crippen LogP contribution is -2.38. The van der Waals surface area contributed by atoms with Crippen LogP contribution in [0.2, 0.25) is 0 Å². The summed E-state index contributed by atoms with van der Waals surface area (Å²) in [5, 5.41) is 0. The average Bonchev–Trinajstić information content (AvgIpc) is 2.56. The summed E-state index contributed by atoms with van der Waals surface area (Å²) in [5.41, 5.74) is 5.87. The summed E-state index contributed by atoms with van der Waals surface area (Å²) >= 11 is 0. The zero-order valence-corrected chi connectivity index (χ0v) is 10.4. The molecule has 1 atom stereocenters. The highest BCUT2D eigenvalue weighted by Gasteiger charge is 2.41. The molecular formula is C12H21F4NO. The van der Waals surface area contributed by atoms with Gasteiger partial charge in [-0.1, -0.05) is 25.7 Å². The van der Waals surface area contributed by atoms with Gasteiger partial charge in [0, 0.05) is 6.04 Å². The maximum atomic E-state index is 12.6. The molecule has 6 heteroatoms. The van der Waals surface area contributed by atoms with Gasteiger partial charge in [0.1, 0.15) is 6.61 Å². The molecule has 1 rings (SSSR count). The molecule has 0 aromatic rings. The van der Waals surface area contributed by atoms with Crippen molar-refractivity contribution in [2.24, 2.45) is 11.7 Å². The molecule has 108 valence electrons. The highest BCUT2D eigenvalue weighted by atomic mass is 19.3. The molecule has 0 radical (unpaired) electrons. The zero-order valence-electron chi connectivity index (χ0n) is 10.4. The van der Waals surface area contributed by atoms with Crippen LogP contribution in [0.3, 0.4) is 0 Å². The predicted octanol–water partition coefficient (Wildman–Crippen LogP) is 3.20. The minimum Gasteiger partial charge on any atom is -0.373 e. The highest BCUT2D eigenvalue weighted by molar-refractivity contribution is 4.76. The fourth-order valence-corrected chi connectivity index (χ4v) is 2.27. The van der Waals surface area contributed by atoms with Gasteiger partial charge in [-0.15, -0.1) is 0 Å². The highest BCUT2D eigenvalue weighted by Crippen LogP contribution is 2.26. The minimum atomic E-state index is -4.08. The van der Waals surface area contributed by atoms with E-state index in [0.717, 1.165) is 25.7 Å². The monoisotopic (exact) mass is 271 g/mol. The van der Waals surface area contributed by atoms with Crippen molar-refractivity contribution in [1.29, 1.82) is 0 Å². The number of hydrogen-bond acceptors (Lipinski definition) is 2. The average molecular weight is 271 g/mol. The van der Waals surface area contributed by atoms with E-state index in [9.17, 15) is 17.6 Å². The van der Waals surface area contributed by atoms with E-state index in [2.05, 4.69) is 4.74 Å². The van der Waals surface area contributed by atoms with Crippen LogP contribution >= 0.6 is 0 Å². The lowest BCUT2D eigenvalue weighted by atomic mass is 9.93. The molecule has 0 heterocycles. The molecule has 0 amide bonds. The standard InChI is InChI=1S/C12H21F4NO/c13-11(14)12(15,16)8-18-7-10(17)9-5-3-1-2-4-6-9/h9-11H,1-8,17H2. The Morgan fingerprint density at radius 3 is 2.17 bits per heavy atom. The van der Waals surface area contributed by atoms with Gasteiger partial charge in [0.05, 0.1) is 6.61 Å². The minimum absolute atomic E-state index is 0.0764. The summed E-state index contributed by atoms with van der Waals surface area (Å²) in [7, 11) is 0. The van der Waals surface area contributed by atoms with Gasteiger partial charge in [0.25, 0.3) is 0 Å². The van der Waals surface area contributed by atoms with Crippen molar-refractivity contribution in [2.75, 3.05) is 13.2 Å². The summed E-state index contributed by atoms with van der Waals surface area (Å²) in [5.74, 6) is -3.82. The summed E-state index contributed by atoms with van der Waals surface area (Å²) < 4.78 is 53.6. The number of rotatable bonds is 6. The topological polar surface area (TPSA) is 35.2 Å². The van der Waals surface area contributed by atoms with Crippen LogP contribution in [0.4, 0.5) is 17.6 Å². The second-order valence-corrected chi connectivity index (χ2v) is 4.99. The van der Waals surface area contributed by atoms with Gasteiger partial charge in [-0.2, -0.15) is 8.78 Å². The third-order valence-corrected chi connectivity index (χ3v) is 3.43. The lowest BCUT2D eigenvalue weighted by Gasteiger charge is -2.23. The molecule has 1 fully saturated rings. The van der Waals surface area contributed by atoms with Crippen molar-refractivity contribution in [3.05, 3.63) is 0 Å². The van der Waals surface area contributed by atoms with Crippen molar-refractivity contribution < 1.29 is 22.3 Å². The molecule has 2 N–H and O–H groups in total. The van der Waals surface area contributed by atoms with Gasteiger partial charge in [0.15, 0.2) is 0 Å². The smallest absolute Gasteiger partial charge is 0.330 e. The Kier molecular flexibility index (Phi) is 6.35. The van der Waals surface area contributed by atoms with Crippen LogP contribution in [0.15, 0.2) is 0 Å². The third-order valence-electron chi connectivity index (χ3n) is 3.43. The maximum absolute atomic E-state index is 12.6. The molecule has 1 saturated carbocycles. The molecule has 0 spiro atoms. The van der Waals surface area contributed by atoms with Crippen LogP contribution in [0, 0.1) is 5.92 Å². The number of ether oxygens (including phenoxy) is 1. The van der Waals surface area contributed by atoms with Gasteiger partial charge < -0.3 is 10.5 Å². The van der Waals surface area contributed by atoms with E-state index in [0.29, 0.717) is 0 Å². The Hall–Kier alpha value is -0.360. The molecule has 1 aliphatic carbocycles. The molecular weight excluding hydrogens is 250 g/mol. The van der Waals surface area contributed by atoms with E-state index < -0.39 is 19.0 Å². The van der Waals surface area contributed by atoms with Crippen molar-refractivity contribution in [2.45, 2.75) is 56.9 Å². The SMILES string of the molecule is NC(COCC(F)(F)C(F)F)C1CCCCCC1. The van der Waals surface area contributed by atoms with Crippen molar-refractivity contribution in [1.82, 2.24) is 0 Å². The largest absolute Gasteiger partial charge is 0.373 e. The van der Waals surface area contributed by atoms with E-state index in [1.807, 2.05) is 0 Å². The second kappa shape index (κ2) is 7.28. The van der Waals surface area contributed by atoms with Crippen LogP contribution in [0.25, 0.3) is 0 Å². The first-order valence-corrected chi connectivity index (χ1v) is 6.43. The molecule has 0 saturated heterocycles. The summed E-state index contributed by atoms with van der Waals surface area (Å²) in [4.78, 5) is 0. The molecule has 2 nitrogen and oxygen atoms in total. The van der Waals surface area contributed by atoms with Gasteiger partial charge in [-0.25, -0.2) is 8.78 Å². The second-order valence-electron chi connectivity index (χ2n) is 4.99. The van der Waals surface area contributed by atoms with E-state index in [-0.39, 0.29) is 18.6 Å². The third kappa shape index (κ3) is 5.10. The Labute approximate surface area is 105 Å². The molecule has 0 aromatic heterocycles. The quantitative estimate of drug-likeness (QED) is 0.594. The Bertz CT molecular complexity index is 230. The number of alkyl halides is 4.